The Morgan fingerprint density at radius 3 is 2.50 bits per heavy atom. The molecular weight excluding hydrogens is 234 g/mol. The van der Waals surface area contributed by atoms with E-state index >= 15 is 0 Å². The largest absolute Gasteiger partial charge is 0.481 e. The molecule has 0 aromatic carbocycles. The Labute approximate surface area is 106 Å². The summed E-state index contributed by atoms with van der Waals surface area (Å²) in [4.78, 5) is 25.0. The van der Waals surface area contributed by atoms with Crippen LogP contribution < -0.4 is 0 Å². The fourth-order valence-corrected chi connectivity index (χ4v) is 3.40. The van der Waals surface area contributed by atoms with Crippen molar-refractivity contribution in [3.63, 3.8) is 0 Å². The number of carbonyl (C=O) groups is 2. The molecule has 100 valence electrons. The third kappa shape index (κ3) is 1.90. The molecule has 0 aromatic rings. The van der Waals surface area contributed by atoms with Crippen molar-refractivity contribution in [2.75, 3.05) is 19.7 Å². The number of carboxylic acid groups (broad SMARTS) is 1. The van der Waals surface area contributed by atoms with E-state index in [0.717, 1.165) is 32.1 Å². The first-order valence-electron chi connectivity index (χ1n) is 6.76. The van der Waals surface area contributed by atoms with Gasteiger partial charge in [0.25, 0.3) is 5.91 Å². The number of carboxylic acids is 1. The number of likely N-dealkylation sites (tertiary alicyclic amines) is 1. The lowest BCUT2D eigenvalue weighted by molar-refractivity contribution is -0.143. The van der Waals surface area contributed by atoms with Gasteiger partial charge in [-0.25, -0.2) is 0 Å². The van der Waals surface area contributed by atoms with E-state index in [1.54, 1.807) is 0 Å². The van der Waals surface area contributed by atoms with E-state index in [-0.39, 0.29) is 23.3 Å². The zero-order chi connectivity index (χ0) is 12.8. The Morgan fingerprint density at radius 2 is 2.00 bits per heavy atom. The maximum absolute atomic E-state index is 12.1. The number of carbonyl (C=O) groups excluding carboxylic acids is 1. The summed E-state index contributed by atoms with van der Waals surface area (Å²) in [7, 11) is 0. The van der Waals surface area contributed by atoms with Gasteiger partial charge >= 0.3 is 5.97 Å². The molecule has 0 bridgehead atoms. The molecule has 1 spiro atoms. The van der Waals surface area contributed by atoms with E-state index in [0.29, 0.717) is 19.7 Å². The topological polar surface area (TPSA) is 66.8 Å². The van der Waals surface area contributed by atoms with E-state index in [9.17, 15) is 9.59 Å². The molecule has 0 radical (unpaired) electrons. The highest BCUT2D eigenvalue weighted by molar-refractivity contribution is 5.81. The lowest BCUT2D eigenvalue weighted by Crippen LogP contribution is -2.44. The zero-order valence-electron chi connectivity index (χ0n) is 10.4. The number of nitrogens with zero attached hydrogens (tertiary/aromatic N) is 1. The van der Waals surface area contributed by atoms with Crippen LogP contribution in [0.5, 0.6) is 0 Å². The Bertz CT molecular complexity index is 367. The van der Waals surface area contributed by atoms with Crippen LogP contribution in [0.1, 0.15) is 32.1 Å². The van der Waals surface area contributed by atoms with Gasteiger partial charge in [-0.1, -0.05) is 0 Å². The van der Waals surface area contributed by atoms with Gasteiger partial charge in [0.1, 0.15) is 6.10 Å². The summed E-state index contributed by atoms with van der Waals surface area (Å²) in [5, 5.41) is 9.02. The summed E-state index contributed by atoms with van der Waals surface area (Å²) in [6.45, 7) is 2.08. The number of rotatable bonds is 2. The van der Waals surface area contributed by atoms with Crippen molar-refractivity contribution < 1.29 is 19.4 Å². The molecule has 5 heteroatoms. The summed E-state index contributed by atoms with van der Waals surface area (Å²) in [5.41, 5.74) is -0.000847. The highest BCUT2D eigenvalue weighted by atomic mass is 16.5. The molecule has 2 aliphatic heterocycles. The first kappa shape index (κ1) is 12.0. The van der Waals surface area contributed by atoms with E-state index < -0.39 is 5.97 Å². The maximum Gasteiger partial charge on any atom is 0.307 e. The van der Waals surface area contributed by atoms with Gasteiger partial charge in [-0.15, -0.1) is 0 Å². The maximum atomic E-state index is 12.1. The molecular formula is C13H19NO4. The molecule has 2 atom stereocenters. The van der Waals surface area contributed by atoms with Gasteiger partial charge in [0.2, 0.25) is 0 Å². The molecule has 3 aliphatic rings. The van der Waals surface area contributed by atoms with Crippen molar-refractivity contribution in [2.24, 2.45) is 11.3 Å². The summed E-state index contributed by atoms with van der Waals surface area (Å²) in [6.07, 6.45) is 4.02. The first-order chi connectivity index (χ1) is 8.62. The molecule has 1 aliphatic carbocycles. The predicted octanol–water partition coefficient (Wildman–Crippen LogP) is 0.879. The molecule has 1 saturated carbocycles. The summed E-state index contributed by atoms with van der Waals surface area (Å²) in [6, 6.07) is 0. The van der Waals surface area contributed by atoms with Gasteiger partial charge in [0.05, 0.1) is 5.92 Å². The van der Waals surface area contributed by atoms with Gasteiger partial charge in [0.15, 0.2) is 0 Å². The molecule has 2 heterocycles. The summed E-state index contributed by atoms with van der Waals surface area (Å²) in [5.74, 6) is -0.735. The van der Waals surface area contributed by atoms with Crippen LogP contribution in [0.15, 0.2) is 0 Å². The number of ether oxygens (including phenoxy) is 1. The minimum atomic E-state index is -0.672. The van der Waals surface area contributed by atoms with E-state index in [2.05, 4.69) is 0 Å². The molecule has 3 rings (SSSR count). The standard InChI is InChI=1S/C13H19NO4/c15-11(10-2-1-7-18-10)14-5-3-13(4-6-14)8-9(13)12(16)17/h9-10H,1-8H2,(H,16,17). The quantitative estimate of drug-likeness (QED) is 0.793. The number of aliphatic carboxylic acids is 1. The predicted molar refractivity (Wildman–Crippen MR) is 63.0 cm³/mol. The zero-order valence-corrected chi connectivity index (χ0v) is 10.4. The normalized spacial score (nSPS) is 33.7. The molecule has 1 amide bonds. The van der Waals surface area contributed by atoms with E-state index in [1.807, 2.05) is 4.90 Å². The second-order valence-corrected chi connectivity index (χ2v) is 5.78. The second kappa shape index (κ2) is 4.23. The average molecular weight is 253 g/mol. The van der Waals surface area contributed by atoms with Crippen LogP contribution in [-0.2, 0) is 14.3 Å². The second-order valence-electron chi connectivity index (χ2n) is 5.78. The van der Waals surface area contributed by atoms with Gasteiger partial charge in [-0.2, -0.15) is 0 Å². The number of amides is 1. The van der Waals surface area contributed by atoms with Crippen molar-refractivity contribution in [3.05, 3.63) is 0 Å². The van der Waals surface area contributed by atoms with Crippen molar-refractivity contribution in [2.45, 2.75) is 38.2 Å². The average Bonchev–Trinajstić information content (AvgIpc) is 2.84. The molecule has 1 N–H and O–H groups in total. The minimum absolute atomic E-state index is 0.000847. The van der Waals surface area contributed by atoms with E-state index in [4.69, 9.17) is 9.84 Å². The fraction of sp³-hybridized carbons (Fsp3) is 0.846. The summed E-state index contributed by atoms with van der Waals surface area (Å²) < 4.78 is 5.41. The van der Waals surface area contributed by atoms with Crippen LogP contribution in [0.2, 0.25) is 0 Å². The van der Waals surface area contributed by atoms with Crippen LogP contribution in [0.3, 0.4) is 0 Å². The Balaban J connectivity index is 1.54. The lowest BCUT2D eigenvalue weighted by Gasteiger charge is -2.33. The Hall–Kier alpha value is -1.10. The van der Waals surface area contributed by atoms with Crippen LogP contribution >= 0.6 is 0 Å². The Morgan fingerprint density at radius 1 is 1.28 bits per heavy atom. The fourth-order valence-electron chi connectivity index (χ4n) is 3.40. The van der Waals surface area contributed by atoms with Crippen molar-refractivity contribution in [1.29, 1.82) is 0 Å². The third-order valence-electron chi connectivity index (χ3n) is 4.76. The lowest BCUT2D eigenvalue weighted by atomic mass is 9.90. The molecule has 2 saturated heterocycles. The van der Waals surface area contributed by atoms with Crippen molar-refractivity contribution >= 4 is 11.9 Å². The van der Waals surface area contributed by atoms with Gasteiger partial charge in [-0.3, -0.25) is 9.59 Å². The van der Waals surface area contributed by atoms with Crippen LogP contribution in [0.4, 0.5) is 0 Å². The molecule has 2 unspecified atom stereocenters. The smallest absolute Gasteiger partial charge is 0.307 e. The number of hydrogen-bond donors (Lipinski definition) is 1. The molecule has 0 aromatic heterocycles. The monoisotopic (exact) mass is 253 g/mol. The number of piperidine rings is 1. The van der Waals surface area contributed by atoms with Crippen molar-refractivity contribution in [1.82, 2.24) is 4.90 Å². The highest BCUT2D eigenvalue weighted by Crippen LogP contribution is 2.59. The molecule has 18 heavy (non-hydrogen) atoms. The first-order valence-corrected chi connectivity index (χ1v) is 6.76. The minimum Gasteiger partial charge on any atom is -0.481 e. The van der Waals surface area contributed by atoms with Crippen LogP contribution in [-0.4, -0.2) is 47.7 Å². The SMILES string of the molecule is O=C(O)C1CC12CCN(C(=O)C1CCCO1)CC2. The molecule has 5 nitrogen and oxygen atoms in total. The van der Waals surface area contributed by atoms with Gasteiger partial charge < -0.3 is 14.7 Å². The highest BCUT2D eigenvalue weighted by Gasteiger charge is 2.59. The number of hydrogen-bond acceptors (Lipinski definition) is 3. The third-order valence-corrected chi connectivity index (χ3v) is 4.76. The molecule has 3 fully saturated rings. The van der Waals surface area contributed by atoms with Gasteiger partial charge in [-0.05, 0) is 37.5 Å². The van der Waals surface area contributed by atoms with Crippen LogP contribution in [0, 0.1) is 11.3 Å². The van der Waals surface area contributed by atoms with Crippen molar-refractivity contribution in [3.8, 4) is 0 Å². The summed E-state index contributed by atoms with van der Waals surface area (Å²) >= 11 is 0. The van der Waals surface area contributed by atoms with Crippen LogP contribution in [0.25, 0.3) is 0 Å². The Kier molecular flexibility index (Phi) is 2.81. The van der Waals surface area contributed by atoms with E-state index in [1.165, 1.54) is 0 Å². The van der Waals surface area contributed by atoms with Gasteiger partial charge in [0, 0.05) is 19.7 Å².